The smallest absolute Gasteiger partial charge is 0.308 e. The van der Waals surface area contributed by atoms with Crippen LogP contribution in [-0.2, 0) is 9.53 Å². The molecule has 1 fully saturated rings. The summed E-state index contributed by atoms with van der Waals surface area (Å²) < 4.78 is 4.71. The van der Waals surface area contributed by atoms with Gasteiger partial charge in [0.15, 0.2) is 0 Å². The van der Waals surface area contributed by atoms with Crippen LogP contribution >= 0.6 is 11.6 Å². The van der Waals surface area contributed by atoms with Gasteiger partial charge >= 0.3 is 5.97 Å². The maximum Gasteiger partial charge on any atom is 0.308 e. The highest BCUT2D eigenvalue weighted by atomic mass is 35.5. The van der Waals surface area contributed by atoms with Gasteiger partial charge in [0.05, 0.1) is 18.1 Å². The molecule has 1 saturated heterocycles. The topological polar surface area (TPSA) is 66.8 Å². The summed E-state index contributed by atoms with van der Waals surface area (Å²) in [6, 6.07) is 4.39. The van der Waals surface area contributed by atoms with Crippen LogP contribution in [0.5, 0.6) is 5.75 Å². The first kappa shape index (κ1) is 14.7. The summed E-state index contributed by atoms with van der Waals surface area (Å²) in [5.41, 5.74) is 0.435. The number of likely N-dealkylation sites (tertiary alicyclic amines) is 1. The third kappa shape index (κ3) is 3.04. The van der Waals surface area contributed by atoms with Gasteiger partial charge < -0.3 is 14.7 Å². The molecule has 1 aliphatic rings. The molecule has 6 heteroatoms. The SMILES string of the molecule is COC(=O)C1CCN(C(=O)c2ccc(O)c(Cl)c2)CC1. The molecule has 1 amide bonds. The molecule has 5 nitrogen and oxygen atoms in total. The fraction of sp³-hybridized carbons (Fsp3) is 0.429. The summed E-state index contributed by atoms with van der Waals surface area (Å²) in [4.78, 5) is 25.4. The van der Waals surface area contributed by atoms with Crippen LogP contribution in [0.15, 0.2) is 18.2 Å². The first-order valence-corrected chi connectivity index (χ1v) is 6.76. The minimum absolute atomic E-state index is 0.0485. The van der Waals surface area contributed by atoms with Crippen molar-refractivity contribution in [2.45, 2.75) is 12.8 Å². The molecule has 0 atom stereocenters. The van der Waals surface area contributed by atoms with Crippen molar-refractivity contribution in [1.82, 2.24) is 4.90 Å². The van der Waals surface area contributed by atoms with Crippen LogP contribution in [0, 0.1) is 5.92 Å². The summed E-state index contributed by atoms with van der Waals surface area (Å²) in [5, 5.41) is 9.50. The molecule has 1 aliphatic heterocycles. The molecule has 0 saturated carbocycles. The summed E-state index contributed by atoms with van der Waals surface area (Å²) in [6.07, 6.45) is 1.20. The lowest BCUT2D eigenvalue weighted by Gasteiger charge is -2.30. The number of aromatic hydroxyl groups is 1. The second-order valence-electron chi connectivity index (χ2n) is 4.76. The van der Waals surface area contributed by atoms with Crippen LogP contribution < -0.4 is 0 Å². The number of ether oxygens (including phenoxy) is 1. The minimum Gasteiger partial charge on any atom is -0.506 e. The molecule has 0 bridgehead atoms. The second kappa shape index (κ2) is 6.13. The predicted molar refractivity (Wildman–Crippen MR) is 73.8 cm³/mol. The molecule has 20 heavy (non-hydrogen) atoms. The van der Waals surface area contributed by atoms with Crippen molar-refractivity contribution in [3.8, 4) is 5.75 Å². The number of rotatable bonds is 2. The van der Waals surface area contributed by atoms with E-state index >= 15 is 0 Å². The van der Waals surface area contributed by atoms with E-state index < -0.39 is 0 Å². The number of nitrogens with zero attached hydrogens (tertiary/aromatic N) is 1. The van der Waals surface area contributed by atoms with E-state index in [1.165, 1.54) is 25.3 Å². The lowest BCUT2D eigenvalue weighted by molar-refractivity contribution is -0.146. The Morgan fingerprint density at radius 2 is 2.00 bits per heavy atom. The van der Waals surface area contributed by atoms with Crippen molar-refractivity contribution >= 4 is 23.5 Å². The van der Waals surface area contributed by atoms with Gasteiger partial charge in [-0.15, -0.1) is 0 Å². The molecule has 0 aliphatic carbocycles. The zero-order chi connectivity index (χ0) is 14.7. The standard InChI is InChI=1S/C14H16ClNO4/c1-20-14(19)9-4-6-16(7-5-9)13(18)10-2-3-12(17)11(15)8-10/h2-3,8-9,17H,4-7H2,1H3. The number of piperidine rings is 1. The number of amides is 1. The molecule has 1 heterocycles. The van der Waals surface area contributed by atoms with Gasteiger partial charge in [-0.1, -0.05) is 11.6 Å². The Morgan fingerprint density at radius 1 is 1.35 bits per heavy atom. The number of halogens is 1. The Bertz CT molecular complexity index is 524. The van der Waals surface area contributed by atoms with Crippen molar-refractivity contribution in [2.75, 3.05) is 20.2 Å². The Morgan fingerprint density at radius 3 is 2.55 bits per heavy atom. The van der Waals surface area contributed by atoms with E-state index in [9.17, 15) is 14.7 Å². The number of esters is 1. The molecule has 2 rings (SSSR count). The quantitative estimate of drug-likeness (QED) is 0.849. The van der Waals surface area contributed by atoms with Gasteiger partial charge in [0.25, 0.3) is 5.91 Å². The molecule has 0 spiro atoms. The number of benzene rings is 1. The van der Waals surface area contributed by atoms with E-state index in [0.717, 1.165) is 0 Å². The molecular weight excluding hydrogens is 282 g/mol. The first-order valence-electron chi connectivity index (χ1n) is 6.38. The fourth-order valence-corrected chi connectivity index (χ4v) is 2.49. The molecule has 0 unspecified atom stereocenters. The average molecular weight is 298 g/mol. The van der Waals surface area contributed by atoms with Gasteiger partial charge in [0.2, 0.25) is 0 Å². The van der Waals surface area contributed by atoms with Gasteiger partial charge in [-0.05, 0) is 31.0 Å². The summed E-state index contributed by atoms with van der Waals surface area (Å²) in [7, 11) is 1.37. The second-order valence-corrected chi connectivity index (χ2v) is 5.16. The lowest BCUT2D eigenvalue weighted by Crippen LogP contribution is -2.40. The van der Waals surface area contributed by atoms with Crippen LogP contribution in [0.2, 0.25) is 5.02 Å². The Hall–Kier alpha value is -1.75. The Labute approximate surface area is 122 Å². The molecule has 1 N–H and O–H groups in total. The van der Waals surface area contributed by atoms with Crippen molar-refractivity contribution < 1.29 is 19.4 Å². The number of methoxy groups -OCH3 is 1. The number of hydrogen-bond acceptors (Lipinski definition) is 4. The molecule has 1 aromatic rings. The zero-order valence-corrected chi connectivity index (χ0v) is 11.9. The van der Waals surface area contributed by atoms with Crippen molar-refractivity contribution in [2.24, 2.45) is 5.92 Å². The third-order valence-electron chi connectivity index (χ3n) is 3.51. The summed E-state index contributed by atoms with van der Waals surface area (Å²) in [6.45, 7) is 1.02. The number of phenols is 1. The third-order valence-corrected chi connectivity index (χ3v) is 3.81. The number of phenolic OH excluding ortho intramolecular Hbond substituents is 1. The first-order chi connectivity index (χ1) is 9.52. The molecule has 108 valence electrons. The lowest BCUT2D eigenvalue weighted by atomic mass is 9.96. The summed E-state index contributed by atoms with van der Waals surface area (Å²) >= 11 is 5.80. The van der Waals surface area contributed by atoms with Gasteiger partial charge in [0.1, 0.15) is 5.75 Å². The largest absolute Gasteiger partial charge is 0.506 e. The van der Waals surface area contributed by atoms with Gasteiger partial charge in [-0.3, -0.25) is 9.59 Å². The van der Waals surface area contributed by atoms with E-state index in [4.69, 9.17) is 16.3 Å². The van der Waals surface area contributed by atoms with Crippen molar-refractivity contribution in [1.29, 1.82) is 0 Å². The summed E-state index contributed by atoms with van der Waals surface area (Å²) in [5.74, 6) is -0.542. The van der Waals surface area contributed by atoms with Crippen LogP contribution in [0.1, 0.15) is 23.2 Å². The average Bonchev–Trinajstić information content (AvgIpc) is 2.48. The van der Waals surface area contributed by atoms with Crippen molar-refractivity contribution in [3.05, 3.63) is 28.8 Å². The zero-order valence-electron chi connectivity index (χ0n) is 11.1. The fourth-order valence-electron chi connectivity index (χ4n) is 2.31. The predicted octanol–water partition coefficient (Wildman–Crippen LogP) is 2.07. The molecule has 0 aromatic heterocycles. The number of carbonyl (C=O) groups excluding carboxylic acids is 2. The Kier molecular flexibility index (Phi) is 4.49. The van der Waals surface area contributed by atoms with E-state index in [2.05, 4.69) is 0 Å². The minimum atomic E-state index is -0.218. The van der Waals surface area contributed by atoms with Gasteiger partial charge in [-0.25, -0.2) is 0 Å². The highest BCUT2D eigenvalue weighted by Gasteiger charge is 2.28. The van der Waals surface area contributed by atoms with Crippen molar-refractivity contribution in [3.63, 3.8) is 0 Å². The number of hydrogen-bond donors (Lipinski definition) is 1. The van der Waals surface area contributed by atoms with E-state index in [-0.39, 0.29) is 28.6 Å². The van der Waals surface area contributed by atoms with E-state index in [1.807, 2.05) is 0 Å². The monoisotopic (exact) mass is 297 g/mol. The molecular formula is C14H16ClNO4. The van der Waals surface area contributed by atoms with Gasteiger partial charge in [0, 0.05) is 18.7 Å². The molecule has 0 radical (unpaired) electrons. The van der Waals surface area contributed by atoms with Crippen LogP contribution in [0.3, 0.4) is 0 Å². The van der Waals surface area contributed by atoms with Gasteiger partial charge in [-0.2, -0.15) is 0 Å². The van der Waals surface area contributed by atoms with Crippen LogP contribution in [0.4, 0.5) is 0 Å². The van der Waals surface area contributed by atoms with E-state index in [0.29, 0.717) is 31.5 Å². The highest BCUT2D eigenvalue weighted by Crippen LogP contribution is 2.25. The van der Waals surface area contributed by atoms with Crippen LogP contribution in [0.25, 0.3) is 0 Å². The maximum absolute atomic E-state index is 12.3. The maximum atomic E-state index is 12.3. The normalized spacial score (nSPS) is 16.0. The van der Waals surface area contributed by atoms with Crippen LogP contribution in [-0.4, -0.2) is 42.1 Å². The molecule has 1 aromatic carbocycles. The highest BCUT2D eigenvalue weighted by molar-refractivity contribution is 6.32. The Balaban J connectivity index is 2.01. The van der Waals surface area contributed by atoms with E-state index in [1.54, 1.807) is 4.90 Å². The number of carbonyl (C=O) groups is 2.